The van der Waals surface area contributed by atoms with Gasteiger partial charge in [0, 0.05) is 5.56 Å². The topological polar surface area (TPSA) is 70.5 Å². The fraction of sp³-hybridized carbons (Fsp3) is 0.357. The maximum Gasteiger partial charge on any atom is 0.176 e. The Morgan fingerprint density at radius 1 is 1.21 bits per heavy atom. The second kappa shape index (κ2) is 5.22. The average molecular weight is 262 g/mol. The molecule has 1 heterocycles. The van der Waals surface area contributed by atoms with Crippen molar-refractivity contribution in [3.63, 3.8) is 0 Å². The van der Waals surface area contributed by atoms with Crippen LogP contribution >= 0.6 is 0 Å². The summed E-state index contributed by atoms with van der Waals surface area (Å²) in [7, 11) is 3.19. The molecule has 0 amide bonds. The number of nitrogens with zero attached hydrogens (tertiary/aromatic N) is 1. The van der Waals surface area contributed by atoms with E-state index in [4.69, 9.17) is 19.7 Å². The molecule has 0 bridgehead atoms. The molecule has 0 spiro atoms. The zero-order valence-corrected chi connectivity index (χ0v) is 11.6. The Labute approximate surface area is 112 Å². The summed E-state index contributed by atoms with van der Waals surface area (Å²) in [6, 6.07) is 5.60. The van der Waals surface area contributed by atoms with Gasteiger partial charge in [0.2, 0.25) is 0 Å². The first-order valence-electron chi connectivity index (χ1n) is 6.06. The first-order chi connectivity index (χ1) is 9.10. The number of anilines is 1. The third-order valence-corrected chi connectivity index (χ3v) is 2.98. The van der Waals surface area contributed by atoms with Crippen molar-refractivity contribution in [2.24, 2.45) is 0 Å². The summed E-state index contributed by atoms with van der Waals surface area (Å²) in [5.41, 5.74) is 7.53. The standard InChI is InChI=1S/C14H18N2O3/c1-8(2)11-13(19-16-14(11)15)9-6-5-7-10(17-3)12(9)18-4/h5-8H,1-4H3,(H2,15,16). The highest BCUT2D eigenvalue weighted by atomic mass is 16.5. The number of benzene rings is 1. The van der Waals surface area contributed by atoms with Gasteiger partial charge in [-0.05, 0) is 18.1 Å². The molecular formula is C14H18N2O3. The van der Waals surface area contributed by atoms with E-state index in [9.17, 15) is 0 Å². The second-order valence-electron chi connectivity index (χ2n) is 4.51. The van der Waals surface area contributed by atoms with Crippen LogP contribution in [-0.4, -0.2) is 19.4 Å². The molecule has 0 saturated carbocycles. The number of nitrogens with two attached hydrogens (primary N) is 1. The lowest BCUT2D eigenvalue weighted by atomic mass is 9.98. The summed E-state index contributed by atoms with van der Waals surface area (Å²) in [5, 5.41) is 3.85. The van der Waals surface area contributed by atoms with E-state index in [-0.39, 0.29) is 5.92 Å². The van der Waals surface area contributed by atoms with Crippen molar-refractivity contribution in [1.29, 1.82) is 0 Å². The van der Waals surface area contributed by atoms with E-state index in [1.807, 2.05) is 32.0 Å². The number of ether oxygens (including phenoxy) is 2. The van der Waals surface area contributed by atoms with E-state index in [1.54, 1.807) is 14.2 Å². The van der Waals surface area contributed by atoms with Crippen LogP contribution in [0.1, 0.15) is 25.3 Å². The molecule has 1 aromatic carbocycles. The van der Waals surface area contributed by atoms with E-state index < -0.39 is 0 Å². The zero-order valence-electron chi connectivity index (χ0n) is 11.6. The van der Waals surface area contributed by atoms with Gasteiger partial charge in [-0.1, -0.05) is 25.1 Å². The summed E-state index contributed by atoms with van der Waals surface area (Å²) in [5.74, 6) is 2.50. The van der Waals surface area contributed by atoms with Crippen LogP contribution in [0.15, 0.2) is 22.7 Å². The van der Waals surface area contributed by atoms with E-state index in [2.05, 4.69) is 5.16 Å². The van der Waals surface area contributed by atoms with Crippen LogP contribution in [0, 0.1) is 0 Å². The van der Waals surface area contributed by atoms with E-state index >= 15 is 0 Å². The molecule has 0 fully saturated rings. The quantitative estimate of drug-likeness (QED) is 0.916. The van der Waals surface area contributed by atoms with E-state index in [1.165, 1.54) is 0 Å². The van der Waals surface area contributed by atoms with Gasteiger partial charge < -0.3 is 19.7 Å². The molecule has 2 aromatic rings. The van der Waals surface area contributed by atoms with Crippen molar-refractivity contribution >= 4 is 5.82 Å². The largest absolute Gasteiger partial charge is 0.493 e. The smallest absolute Gasteiger partial charge is 0.176 e. The number of nitrogen functional groups attached to an aromatic ring is 1. The van der Waals surface area contributed by atoms with Gasteiger partial charge in [0.1, 0.15) is 0 Å². The molecule has 1 aromatic heterocycles. The van der Waals surface area contributed by atoms with Gasteiger partial charge >= 0.3 is 0 Å². The lowest BCUT2D eigenvalue weighted by Crippen LogP contribution is -1.97. The summed E-state index contributed by atoms with van der Waals surface area (Å²) >= 11 is 0. The number of rotatable bonds is 4. The molecule has 19 heavy (non-hydrogen) atoms. The molecule has 0 aliphatic carbocycles. The lowest BCUT2D eigenvalue weighted by molar-refractivity contribution is 0.354. The van der Waals surface area contributed by atoms with Crippen molar-refractivity contribution in [2.45, 2.75) is 19.8 Å². The molecule has 0 aliphatic heterocycles. The van der Waals surface area contributed by atoms with Crippen LogP contribution in [0.5, 0.6) is 11.5 Å². The van der Waals surface area contributed by atoms with Gasteiger partial charge in [0.15, 0.2) is 23.1 Å². The SMILES string of the molecule is COc1cccc(-c2onc(N)c2C(C)C)c1OC. The Hall–Kier alpha value is -2.17. The average Bonchev–Trinajstić information content (AvgIpc) is 2.79. The molecule has 0 unspecified atom stereocenters. The van der Waals surface area contributed by atoms with Gasteiger partial charge in [0.05, 0.1) is 19.8 Å². The van der Waals surface area contributed by atoms with Crippen molar-refractivity contribution < 1.29 is 14.0 Å². The van der Waals surface area contributed by atoms with Crippen LogP contribution in [0.2, 0.25) is 0 Å². The minimum Gasteiger partial charge on any atom is -0.493 e. The highest BCUT2D eigenvalue weighted by Gasteiger charge is 2.22. The van der Waals surface area contributed by atoms with E-state index in [0.29, 0.717) is 23.1 Å². The Morgan fingerprint density at radius 3 is 2.53 bits per heavy atom. The maximum atomic E-state index is 5.86. The predicted molar refractivity (Wildman–Crippen MR) is 73.5 cm³/mol. The number of hydrogen-bond donors (Lipinski definition) is 1. The maximum absolute atomic E-state index is 5.86. The molecular weight excluding hydrogens is 244 g/mol. The number of methoxy groups -OCH3 is 2. The van der Waals surface area contributed by atoms with Crippen LogP contribution in [0.25, 0.3) is 11.3 Å². The Balaban J connectivity index is 2.65. The highest BCUT2D eigenvalue weighted by Crippen LogP contribution is 2.42. The molecule has 0 radical (unpaired) electrons. The van der Waals surface area contributed by atoms with Crippen molar-refractivity contribution in [3.8, 4) is 22.8 Å². The molecule has 0 atom stereocenters. The van der Waals surface area contributed by atoms with Crippen LogP contribution < -0.4 is 15.2 Å². The monoisotopic (exact) mass is 262 g/mol. The van der Waals surface area contributed by atoms with Crippen molar-refractivity contribution in [1.82, 2.24) is 5.16 Å². The number of aromatic nitrogens is 1. The molecule has 5 heteroatoms. The summed E-state index contributed by atoms with van der Waals surface area (Å²) in [6.07, 6.45) is 0. The Bertz CT molecular complexity index is 576. The van der Waals surface area contributed by atoms with Crippen molar-refractivity contribution in [3.05, 3.63) is 23.8 Å². The Morgan fingerprint density at radius 2 is 1.95 bits per heavy atom. The summed E-state index contributed by atoms with van der Waals surface area (Å²) in [4.78, 5) is 0. The number of para-hydroxylation sites is 1. The second-order valence-corrected chi connectivity index (χ2v) is 4.51. The van der Waals surface area contributed by atoms with Crippen LogP contribution in [0.3, 0.4) is 0 Å². The molecule has 0 aliphatic rings. The highest BCUT2D eigenvalue weighted by molar-refractivity contribution is 5.75. The Kier molecular flexibility index (Phi) is 3.64. The van der Waals surface area contributed by atoms with Gasteiger partial charge in [-0.25, -0.2) is 0 Å². The van der Waals surface area contributed by atoms with Gasteiger partial charge in [-0.2, -0.15) is 0 Å². The molecule has 102 valence electrons. The van der Waals surface area contributed by atoms with Crippen LogP contribution in [0.4, 0.5) is 5.82 Å². The molecule has 0 saturated heterocycles. The summed E-state index contributed by atoms with van der Waals surface area (Å²) < 4.78 is 16.1. The first kappa shape index (κ1) is 13.3. The minimum absolute atomic E-state index is 0.206. The molecule has 2 N–H and O–H groups in total. The number of hydrogen-bond acceptors (Lipinski definition) is 5. The third kappa shape index (κ3) is 2.23. The van der Waals surface area contributed by atoms with Crippen molar-refractivity contribution in [2.75, 3.05) is 20.0 Å². The minimum atomic E-state index is 0.206. The van der Waals surface area contributed by atoms with E-state index in [0.717, 1.165) is 11.1 Å². The molecule has 5 nitrogen and oxygen atoms in total. The fourth-order valence-electron chi connectivity index (χ4n) is 2.13. The zero-order chi connectivity index (χ0) is 14.0. The first-order valence-corrected chi connectivity index (χ1v) is 6.06. The fourth-order valence-corrected chi connectivity index (χ4v) is 2.13. The van der Waals surface area contributed by atoms with Gasteiger partial charge in [-0.3, -0.25) is 0 Å². The van der Waals surface area contributed by atoms with Gasteiger partial charge in [-0.15, -0.1) is 0 Å². The van der Waals surface area contributed by atoms with Gasteiger partial charge in [0.25, 0.3) is 0 Å². The molecule has 2 rings (SSSR count). The lowest BCUT2D eigenvalue weighted by Gasteiger charge is -2.12. The summed E-state index contributed by atoms with van der Waals surface area (Å²) in [6.45, 7) is 4.08. The van der Waals surface area contributed by atoms with Crippen LogP contribution in [-0.2, 0) is 0 Å². The predicted octanol–water partition coefficient (Wildman–Crippen LogP) is 3.06. The normalized spacial score (nSPS) is 10.8. The third-order valence-electron chi connectivity index (χ3n) is 2.98.